The summed E-state index contributed by atoms with van der Waals surface area (Å²) in [5.74, 6) is -0.497. The second-order valence-corrected chi connectivity index (χ2v) is 7.93. The van der Waals surface area contributed by atoms with Crippen molar-refractivity contribution in [1.82, 2.24) is 0 Å². The number of hydrogen-bond acceptors (Lipinski definition) is 2. The van der Waals surface area contributed by atoms with Gasteiger partial charge in [0.1, 0.15) is 5.82 Å². The average molecular weight is 378 g/mol. The lowest BCUT2D eigenvalue weighted by Crippen LogP contribution is -2.52. The highest BCUT2D eigenvalue weighted by molar-refractivity contribution is 6.30. The molecule has 26 heavy (non-hydrogen) atoms. The highest BCUT2D eigenvalue weighted by atomic mass is 35.5. The van der Waals surface area contributed by atoms with E-state index >= 15 is 0 Å². The van der Waals surface area contributed by atoms with Gasteiger partial charge in [-0.1, -0.05) is 30.2 Å². The van der Waals surface area contributed by atoms with Gasteiger partial charge in [-0.05, 0) is 61.6 Å². The van der Waals surface area contributed by atoms with E-state index in [1.165, 1.54) is 6.07 Å². The molecule has 1 fully saturated rings. The third kappa shape index (κ3) is 2.80. The van der Waals surface area contributed by atoms with Crippen LogP contribution in [0.15, 0.2) is 36.4 Å². The van der Waals surface area contributed by atoms with Crippen LogP contribution in [0.5, 0.6) is 5.75 Å². The van der Waals surface area contributed by atoms with Crippen molar-refractivity contribution in [2.24, 2.45) is 17.6 Å². The number of benzene rings is 2. The summed E-state index contributed by atoms with van der Waals surface area (Å²) in [6.07, 6.45) is 3.37. The number of rotatable bonds is 3. The van der Waals surface area contributed by atoms with Gasteiger partial charge in [-0.15, -0.1) is 0 Å². The molecule has 1 heterocycles. The van der Waals surface area contributed by atoms with Crippen molar-refractivity contribution in [3.8, 4) is 5.75 Å². The quantitative estimate of drug-likeness (QED) is 0.828. The van der Waals surface area contributed by atoms with Gasteiger partial charge in [-0.3, -0.25) is 0 Å². The van der Waals surface area contributed by atoms with E-state index < -0.39 is 17.0 Å². The van der Waals surface area contributed by atoms with Crippen LogP contribution in [0, 0.1) is 23.5 Å². The predicted molar refractivity (Wildman–Crippen MR) is 98.6 cm³/mol. The highest BCUT2D eigenvalue weighted by Crippen LogP contribution is 2.54. The monoisotopic (exact) mass is 377 g/mol. The third-order valence-electron chi connectivity index (χ3n) is 6.18. The number of halogens is 3. The summed E-state index contributed by atoms with van der Waals surface area (Å²) in [5.41, 5.74) is 6.98. The Morgan fingerprint density at radius 3 is 2.58 bits per heavy atom. The van der Waals surface area contributed by atoms with E-state index in [9.17, 15) is 8.78 Å². The zero-order valence-electron chi connectivity index (χ0n) is 14.5. The summed E-state index contributed by atoms with van der Waals surface area (Å²) in [6, 6.07) is 9.98. The number of nitrogens with two attached hydrogens (primary N) is 1. The highest BCUT2D eigenvalue weighted by Gasteiger charge is 2.52. The second-order valence-electron chi connectivity index (χ2n) is 7.50. The zero-order valence-corrected chi connectivity index (χ0v) is 15.2. The van der Waals surface area contributed by atoms with Crippen LogP contribution in [0.2, 0.25) is 5.02 Å². The van der Waals surface area contributed by atoms with Crippen LogP contribution in [0.1, 0.15) is 30.4 Å². The van der Waals surface area contributed by atoms with E-state index in [1.807, 2.05) is 24.3 Å². The van der Waals surface area contributed by atoms with Crippen LogP contribution in [-0.2, 0) is 11.8 Å². The fraction of sp³-hybridized carbons (Fsp3) is 0.429. The smallest absolute Gasteiger partial charge is 0.165 e. The Kier molecular flexibility index (Phi) is 4.66. The van der Waals surface area contributed by atoms with Crippen molar-refractivity contribution < 1.29 is 13.5 Å². The molecule has 5 heteroatoms. The van der Waals surface area contributed by atoms with Crippen LogP contribution < -0.4 is 10.5 Å². The van der Waals surface area contributed by atoms with Gasteiger partial charge < -0.3 is 10.5 Å². The van der Waals surface area contributed by atoms with Crippen LogP contribution in [0.25, 0.3) is 0 Å². The topological polar surface area (TPSA) is 35.2 Å². The molecule has 1 saturated carbocycles. The summed E-state index contributed by atoms with van der Waals surface area (Å²) < 4.78 is 35.1. The Morgan fingerprint density at radius 1 is 1.12 bits per heavy atom. The first kappa shape index (κ1) is 17.7. The summed E-state index contributed by atoms with van der Waals surface area (Å²) in [6.45, 7) is 0.908. The van der Waals surface area contributed by atoms with Gasteiger partial charge in [0, 0.05) is 21.9 Å². The molecule has 2 aromatic rings. The predicted octanol–water partition coefficient (Wildman–Crippen LogP) is 4.87. The van der Waals surface area contributed by atoms with E-state index in [1.54, 1.807) is 0 Å². The van der Waals surface area contributed by atoms with E-state index in [0.717, 1.165) is 30.9 Å². The molecule has 0 aromatic heterocycles. The van der Waals surface area contributed by atoms with Crippen molar-refractivity contribution in [3.63, 3.8) is 0 Å². The molecule has 0 spiro atoms. The maximum atomic E-state index is 15.0. The van der Waals surface area contributed by atoms with Crippen LogP contribution in [0.4, 0.5) is 8.78 Å². The van der Waals surface area contributed by atoms with Crippen molar-refractivity contribution >= 4 is 11.6 Å². The minimum atomic E-state index is -0.504. The normalized spacial score (nSPS) is 27.4. The molecule has 2 aliphatic rings. The third-order valence-corrected chi connectivity index (χ3v) is 6.43. The maximum Gasteiger partial charge on any atom is 0.165 e. The second kappa shape index (κ2) is 6.82. The SMILES string of the molecule is NC[C@@H]1CCC[C@@]2(Cc3ccc(Cl)cc3)c3c(F)ccc(F)c3OCC12. The Hall–Kier alpha value is -1.65. The molecule has 0 saturated heterocycles. The lowest BCUT2D eigenvalue weighted by Gasteiger charge is -2.51. The van der Waals surface area contributed by atoms with E-state index in [0.29, 0.717) is 30.2 Å². The molecule has 0 radical (unpaired) electrons. The van der Waals surface area contributed by atoms with Gasteiger partial charge in [0.25, 0.3) is 0 Å². The number of fused-ring (bicyclic) bond motifs is 3. The maximum absolute atomic E-state index is 15.0. The Morgan fingerprint density at radius 2 is 1.85 bits per heavy atom. The van der Waals surface area contributed by atoms with Gasteiger partial charge in [0.05, 0.1) is 6.61 Å². The van der Waals surface area contributed by atoms with Gasteiger partial charge in [0.15, 0.2) is 11.6 Å². The van der Waals surface area contributed by atoms with E-state index in [-0.39, 0.29) is 17.6 Å². The van der Waals surface area contributed by atoms with Crippen molar-refractivity contribution in [1.29, 1.82) is 0 Å². The summed E-state index contributed by atoms with van der Waals surface area (Å²) >= 11 is 6.02. The molecule has 3 atom stereocenters. The van der Waals surface area contributed by atoms with Crippen molar-refractivity contribution in [2.45, 2.75) is 31.1 Å². The molecule has 1 aliphatic heterocycles. The summed E-state index contributed by atoms with van der Waals surface area (Å²) in [4.78, 5) is 0. The molecular formula is C21H22ClF2NO. The van der Waals surface area contributed by atoms with Gasteiger partial charge in [0.2, 0.25) is 0 Å². The van der Waals surface area contributed by atoms with Gasteiger partial charge in [-0.25, -0.2) is 8.78 Å². The fourth-order valence-electron chi connectivity index (χ4n) is 4.99. The average Bonchev–Trinajstić information content (AvgIpc) is 2.65. The lowest BCUT2D eigenvalue weighted by molar-refractivity contribution is 0.0363. The first-order chi connectivity index (χ1) is 12.5. The molecular weight excluding hydrogens is 356 g/mol. The minimum absolute atomic E-state index is 0.0701. The molecule has 138 valence electrons. The molecule has 1 unspecified atom stereocenters. The molecule has 4 rings (SSSR count). The molecule has 0 amide bonds. The van der Waals surface area contributed by atoms with E-state index in [4.69, 9.17) is 22.1 Å². The van der Waals surface area contributed by atoms with Crippen molar-refractivity contribution in [2.75, 3.05) is 13.2 Å². The lowest BCUT2D eigenvalue weighted by atomic mass is 9.55. The van der Waals surface area contributed by atoms with Crippen LogP contribution in [-0.4, -0.2) is 13.2 Å². The zero-order chi connectivity index (χ0) is 18.3. The standard InChI is InChI=1S/C21H22ClF2NO/c22-15-5-3-13(4-6-15)10-21-9-1-2-14(11-25)16(21)12-26-20-18(24)8-7-17(23)19(20)21/h3-8,14,16H,1-2,9-12,25H2/t14-,16?,21-/m0/s1. The Labute approximate surface area is 157 Å². The van der Waals surface area contributed by atoms with Crippen LogP contribution in [0.3, 0.4) is 0 Å². The van der Waals surface area contributed by atoms with Gasteiger partial charge in [-0.2, -0.15) is 0 Å². The molecule has 2 nitrogen and oxygen atoms in total. The number of ether oxygens (including phenoxy) is 1. The molecule has 2 N–H and O–H groups in total. The van der Waals surface area contributed by atoms with Gasteiger partial charge >= 0.3 is 0 Å². The van der Waals surface area contributed by atoms with Crippen LogP contribution >= 0.6 is 11.6 Å². The Bertz CT molecular complexity index is 810. The molecule has 2 aromatic carbocycles. The fourth-order valence-corrected chi connectivity index (χ4v) is 5.12. The Balaban J connectivity index is 1.88. The van der Waals surface area contributed by atoms with E-state index in [2.05, 4.69) is 0 Å². The first-order valence-electron chi connectivity index (χ1n) is 9.11. The minimum Gasteiger partial charge on any atom is -0.490 e. The first-order valence-corrected chi connectivity index (χ1v) is 9.49. The molecule has 1 aliphatic carbocycles. The summed E-state index contributed by atoms with van der Waals surface area (Å²) in [7, 11) is 0. The largest absolute Gasteiger partial charge is 0.490 e. The summed E-state index contributed by atoms with van der Waals surface area (Å²) in [5, 5.41) is 0.663. The number of hydrogen-bond donors (Lipinski definition) is 1. The van der Waals surface area contributed by atoms with Crippen molar-refractivity contribution in [3.05, 3.63) is 64.2 Å². The molecule has 0 bridgehead atoms.